The van der Waals surface area contributed by atoms with Gasteiger partial charge in [-0.15, -0.1) is 12.4 Å². The molecule has 0 bridgehead atoms. The number of anilines is 1. The second-order valence-corrected chi connectivity index (χ2v) is 5.38. The van der Waals surface area contributed by atoms with Crippen LogP contribution in [0.4, 0.5) is 11.4 Å². The predicted molar refractivity (Wildman–Crippen MR) is 80.5 cm³/mol. The molecule has 2 saturated heterocycles. The molecule has 0 spiro atoms. The zero-order valence-corrected chi connectivity index (χ0v) is 12.1. The number of nitrogens with two attached hydrogens (primary N) is 1. The second-order valence-electron chi connectivity index (χ2n) is 5.38. The van der Waals surface area contributed by atoms with E-state index in [2.05, 4.69) is 5.32 Å². The number of hydrogen-bond donors (Lipinski definition) is 2. The first-order chi connectivity index (χ1) is 9.58. The van der Waals surface area contributed by atoms with Crippen molar-refractivity contribution in [2.45, 2.75) is 0 Å². The highest BCUT2D eigenvalue weighted by Gasteiger charge is 2.38. The Morgan fingerprint density at radius 3 is 2.52 bits per heavy atom. The Morgan fingerprint density at radius 1 is 1.33 bits per heavy atom. The summed E-state index contributed by atoms with van der Waals surface area (Å²) in [6.07, 6.45) is 0. The maximum absolute atomic E-state index is 12.5. The first-order valence-corrected chi connectivity index (χ1v) is 6.61. The number of nitrogen functional groups attached to an aromatic ring is 1. The van der Waals surface area contributed by atoms with Crippen LogP contribution in [-0.2, 0) is 0 Å². The van der Waals surface area contributed by atoms with Crippen molar-refractivity contribution in [2.75, 3.05) is 31.9 Å². The molecule has 1 aromatic carbocycles. The van der Waals surface area contributed by atoms with Crippen LogP contribution in [0.5, 0.6) is 0 Å². The van der Waals surface area contributed by atoms with Crippen LogP contribution >= 0.6 is 12.4 Å². The quantitative estimate of drug-likeness (QED) is 0.480. The Kier molecular flexibility index (Phi) is 4.34. The van der Waals surface area contributed by atoms with Crippen molar-refractivity contribution in [3.63, 3.8) is 0 Å². The van der Waals surface area contributed by atoms with E-state index in [1.165, 1.54) is 12.1 Å². The van der Waals surface area contributed by atoms with Gasteiger partial charge in [-0.2, -0.15) is 0 Å². The minimum atomic E-state index is -0.561. The third kappa shape index (κ3) is 2.66. The molecule has 3 N–H and O–H groups in total. The highest BCUT2D eigenvalue weighted by molar-refractivity contribution is 6.01. The molecule has 1 amide bonds. The van der Waals surface area contributed by atoms with Crippen LogP contribution in [0.2, 0.25) is 0 Å². The summed E-state index contributed by atoms with van der Waals surface area (Å²) in [5.74, 6) is 0.762. The summed E-state index contributed by atoms with van der Waals surface area (Å²) < 4.78 is 0. The Hall–Kier alpha value is -1.86. The van der Waals surface area contributed by atoms with Crippen LogP contribution in [-0.4, -0.2) is 41.9 Å². The minimum absolute atomic E-state index is 0. The van der Waals surface area contributed by atoms with Crippen LogP contribution in [0, 0.1) is 22.0 Å². The van der Waals surface area contributed by atoms with Crippen molar-refractivity contribution in [1.82, 2.24) is 10.2 Å². The zero-order valence-electron chi connectivity index (χ0n) is 11.3. The van der Waals surface area contributed by atoms with Gasteiger partial charge in [0.25, 0.3) is 11.6 Å². The highest BCUT2D eigenvalue weighted by Crippen LogP contribution is 2.30. The Morgan fingerprint density at radius 2 is 1.95 bits per heavy atom. The number of hydrogen-bond acceptors (Lipinski definition) is 5. The van der Waals surface area contributed by atoms with Gasteiger partial charge in [0.2, 0.25) is 0 Å². The van der Waals surface area contributed by atoms with Gasteiger partial charge in [0, 0.05) is 32.2 Å². The lowest BCUT2D eigenvalue weighted by atomic mass is 10.0. The molecule has 21 heavy (non-hydrogen) atoms. The Balaban J connectivity index is 0.00000161. The monoisotopic (exact) mass is 312 g/mol. The highest BCUT2D eigenvalue weighted by atomic mass is 35.5. The van der Waals surface area contributed by atoms with Crippen molar-refractivity contribution in [2.24, 2.45) is 11.8 Å². The molecule has 0 unspecified atom stereocenters. The van der Waals surface area contributed by atoms with E-state index in [0.29, 0.717) is 24.9 Å². The van der Waals surface area contributed by atoms with Crippen molar-refractivity contribution < 1.29 is 9.72 Å². The molecular weight excluding hydrogens is 296 g/mol. The molecule has 2 fully saturated rings. The van der Waals surface area contributed by atoms with Crippen LogP contribution in [0.1, 0.15) is 10.4 Å². The number of rotatable bonds is 2. The average molecular weight is 313 g/mol. The van der Waals surface area contributed by atoms with E-state index >= 15 is 0 Å². The smallest absolute Gasteiger partial charge is 0.292 e. The van der Waals surface area contributed by atoms with E-state index in [-0.39, 0.29) is 35.3 Å². The molecule has 7 nitrogen and oxygen atoms in total. The standard InChI is InChI=1S/C13H16N4O3.ClH/c14-12-10(2-1-3-11(12)17(19)20)13(18)16-6-8-4-15-5-9(8)7-16;/h1-3,8-9,15H,4-7,14H2;1H/t8-,9+;. The second kappa shape index (κ2) is 5.87. The molecule has 0 aliphatic carbocycles. The van der Waals surface area contributed by atoms with Crippen molar-refractivity contribution in [3.05, 3.63) is 33.9 Å². The van der Waals surface area contributed by atoms with E-state index in [9.17, 15) is 14.9 Å². The zero-order chi connectivity index (χ0) is 14.3. The lowest BCUT2D eigenvalue weighted by Crippen LogP contribution is -2.32. The van der Waals surface area contributed by atoms with Crippen molar-refractivity contribution in [1.29, 1.82) is 0 Å². The number of nitrogens with zero attached hydrogens (tertiary/aromatic N) is 2. The van der Waals surface area contributed by atoms with E-state index in [4.69, 9.17) is 5.73 Å². The van der Waals surface area contributed by atoms with Gasteiger partial charge in [-0.3, -0.25) is 14.9 Å². The number of nitro benzene ring substituents is 1. The molecule has 0 aromatic heterocycles. The van der Waals surface area contributed by atoms with Gasteiger partial charge in [-0.05, 0) is 17.9 Å². The van der Waals surface area contributed by atoms with Crippen molar-refractivity contribution >= 4 is 29.7 Å². The normalized spacial score (nSPS) is 23.5. The molecule has 8 heteroatoms. The number of likely N-dealkylation sites (tertiary alicyclic amines) is 1. The van der Waals surface area contributed by atoms with Gasteiger partial charge in [0.1, 0.15) is 5.69 Å². The summed E-state index contributed by atoms with van der Waals surface area (Å²) in [6.45, 7) is 3.25. The minimum Gasteiger partial charge on any atom is -0.393 e. The third-order valence-corrected chi connectivity index (χ3v) is 4.19. The summed E-state index contributed by atoms with van der Waals surface area (Å²) in [4.78, 5) is 24.5. The van der Waals surface area contributed by atoms with Gasteiger partial charge in [0.05, 0.1) is 10.5 Å². The summed E-state index contributed by atoms with van der Waals surface area (Å²) in [7, 11) is 0. The fourth-order valence-corrected chi connectivity index (χ4v) is 3.09. The van der Waals surface area contributed by atoms with Gasteiger partial charge in [-0.1, -0.05) is 6.07 Å². The number of fused-ring (bicyclic) bond motifs is 1. The van der Waals surface area contributed by atoms with Gasteiger partial charge < -0.3 is 16.0 Å². The number of halogens is 1. The molecule has 2 atom stereocenters. The molecule has 3 rings (SSSR count). The number of nitro groups is 1. The van der Waals surface area contributed by atoms with Gasteiger partial charge >= 0.3 is 0 Å². The Bertz CT molecular complexity index is 569. The first-order valence-electron chi connectivity index (χ1n) is 6.61. The first kappa shape index (κ1) is 15.5. The van der Waals surface area contributed by atoms with Crippen LogP contribution in [0.25, 0.3) is 0 Å². The largest absolute Gasteiger partial charge is 0.393 e. The fraction of sp³-hybridized carbons (Fsp3) is 0.462. The van der Waals surface area contributed by atoms with Crippen molar-refractivity contribution in [3.8, 4) is 0 Å². The average Bonchev–Trinajstić information content (AvgIpc) is 2.98. The number of para-hydroxylation sites is 1. The van der Waals surface area contributed by atoms with E-state index < -0.39 is 4.92 Å². The lowest BCUT2D eigenvalue weighted by molar-refractivity contribution is -0.383. The summed E-state index contributed by atoms with van der Waals surface area (Å²) in [5.41, 5.74) is 5.74. The van der Waals surface area contributed by atoms with Crippen LogP contribution in [0.3, 0.4) is 0 Å². The summed E-state index contributed by atoms with van der Waals surface area (Å²) in [6, 6.07) is 4.37. The Labute approximate surface area is 128 Å². The maximum atomic E-state index is 12.5. The number of benzene rings is 1. The van der Waals surface area contributed by atoms with Gasteiger partial charge in [-0.25, -0.2) is 0 Å². The number of amides is 1. The molecule has 0 saturated carbocycles. The molecule has 0 radical (unpaired) electrons. The molecule has 2 aliphatic rings. The van der Waals surface area contributed by atoms with Gasteiger partial charge in [0.15, 0.2) is 0 Å². The van der Waals surface area contributed by atoms with E-state index in [0.717, 1.165) is 13.1 Å². The molecular formula is C13H17ClN4O3. The number of nitrogens with one attached hydrogen (secondary N) is 1. The molecule has 114 valence electrons. The molecule has 2 heterocycles. The number of carbonyl (C=O) groups is 1. The van der Waals surface area contributed by atoms with E-state index in [1.54, 1.807) is 11.0 Å². The SMILES string of the molecule is Cl.Nc1c(C(=O)N2C[C@H]3CNC[C@H]3C2)cccc1[N+](=O)[O-]. The predicted octanol–water partition coefficient (Wildman–Crippen LogP) is 0.890. The van der Waals surface area contributed by atoms with Crippen LogP contribution < -0.4 is 11.1 Å². The lowest BCUT2D eigenvalue weighted by Gasteiger charge is -2.18. The summed E-state index contributed by atoms with van der Waals surface area (Å²) in [5, 5.41) is 14.2. The summed E-state index contributed by atoms with van der Waals surface area (Å²) >= 11 is 0. The molecule has 2 aliphatic heterocycles. The van der Waals surface area contributed by atoms with E-state index in [1.807, 2.05) is 0 Å². The maximum Gasteiger partial charge on any atom is 0.292 e. The topological polar surface area (TPSA) is 102 Å². The van der Waals surface area contributed by atoms with Crippen LogP contribution in [0.15, 0.2) is 18.2 Å². The number of carbonyl (C=O) groups excluding carboxylic acids is 1. The molecule has 1 aromatic rings. The fourth-order valence-electron chi connectivity index (χ4n) is 3.09. The third-order valence-electron chi connectivity index (χ3n) is 4.19.